The van der Waals surface area contributed by atoms with E-state index in [-0.39, 0.29) is 11.2 Å². The van der Waals surface area contributed by atoms with Gasteiger partial charge in [-0.15, -0.1) is 10.2 Å². The summed E-state index contributed by atoms with van der Waals surface area (Å²) < 4.78 is 5.65. The molecule has 0 bridgehead atoms. The van der Waals surface area contributed by atoms with Gasteiger partial charge < -0.3 is 15.2 Å². The summed E-state index contributed by atoms with van der Waals surface area (Å²) >= 11 is 2.75. The summed E-state index contributed by atoms with van der Waals surface area (Å²) in [6.07, 6.45) is 0. The highest BCUT2D eigenvalue weighted by Crippen LogP contribution is 2.30. The van der Waals surface area contributed by atoms with Crippen LogP contribution in [0.15, 0.2) is 39.2 Å². The first-order valence-electron chi connectivity index (χ1n) is 7.57. The zero-order valence-electron chi connectivity index (χ0n) is 13.9. The Hall–Kier alpha value is -2.39. The van der Waals surface area contributed by atoms with Gasteiger partial charge in [-0.05, 0) is 32.9 Å². The zero-order valence-corrected chi connectivity index (χ0v) is 15.6. The maximum atomic E-state index is 12.2. The van der Waals surface area contributed by atoms with Gasteiger partial charge >= 0.3 is 0 Å². The largest absolute Gasteiger partial charge is 0.360 e. The highest BCUT2D eigenvalue weighted by molar-refractivity contribution is 8.02. The maximum absolute atomic E-state index is 12.2. The lowest BCUT2D eigenvalue weighted by atomic mass is 10.2. The quantitative estimate of drug-likeness (QED) is 0.629. The minimum atomic E-state index is -0.336. The average Bonchev–Trinajstić information content (AvgIpc) is 3.18. The molecule has 0 fully saturated rings. The molecule has 1 amide bonds. The van der Waals surface area contributed by atoms with Crippen molar-refractivity contribution in [2.45, 2.75) is 30.4 Å². The van der Waals surface area contributed by atoms with Gasteiger partial charge in [0, 0.05) is 11.8 Å². The molecule has 1 aromatic carbocycles. The molecule has 0 aliphatic carbocycles. The number of hydrogen-bond donors (Lipinski definition) is 2. The standard InChI is InChI=1S/C16H17N5O2S2/c1-9-4-6-12(7-5-9)17-15-19-20-16(25-15)24-11(3)14(22)18-13-8-10(2)23-21-13/h4-8,11H,1-3H3,(H,17,19)(H,18,21,22). The van der Waals surface area contributed by atoms with Crippen molar-refractivity contribution < 1.29 is 9.32 Å². The maximum Gasteiger partial charge on any atom is 0.238 e. The van der Waals surface area contributed by atoms with Crippen molar-refractivity contribution in [1.82, 2.24) is 15.4 Å². The summed E-state index contributed by atoms with van der Waals surface area (Å²) in [4.78, 5) is 12.2. The SMILES string of the molecule is Cc1ccc(Nc2nnc(SC(C)C(=O)Nc3cc(C)on3)s2)cc1. The van der Waals surface area contributed by atoms with Crippen molar-refractivity contribution in [1.29, 1.82) is 0 Å². The van der Waals surface area contributed by atoms with E-state index in [0.717, 1.165) is 5.69 Å². The van der Waals surface area contributed by atoms with Gasteiger partial charge in [-0.2, -0.15) is 0 Å². The Morgan fingerprint density at radius 1 is 1.24 bits per heavy atom. The Kier molecular flexibility index (Phi) is 5.34. The number of thioether (sulfide) groups is 1. The molecule has 0 radical (unpaired) electrons. The minimum Gasteiger partial charge on any atom is -0.360 e. The van der Waals surface area contributed by atoms with E-state index in [1.165, 1.54) is 28.7 Å². The van der Waals surface area contributed by atoms with E-state index in [9.17, 15) is 4.79 Å². The second-order valence-corrected chi connectivity index (χ2v) is 8.00. The lowest BCUT2D eigenvalue weighted by Crippen LogP contribution is -2.22. The normalized spacial score (nSPS) is 12.0. The molecule has 2 aromatic heterocycles. The van der Waals surface area contributed by atoms with Crippen LogP contribution in [0.5, 0.6) is 0 Å². The van der Waals surface area contributed by atoms with Crippen LogP contribution in [-0.2, 0) is 4.79 Å². The van der Waals surface area contributed by atoms with Gasteiger partial charge in [0.05, 0.1) is 5.25 Å². The van der Waals surface area contributed by atoms with E-state index in [1.807, 2.05) is 31.2 Å². The summed E-state index contributed by atoms with van der Waals surface area (Å²) in [7, 11) is 0. The average molecular weight is 375 g/mol. The summed E-state index contributed by atoms with van der Waals surface area (Å²) in [5, 5.41) is 18.2. The second kappa shape index (κ2) is 7.66. The Labute approximate surface area is 153 Å². The molecule has 0 spiro atoms. The fourth-order valence-electron chi connectivity index (χ4n) is 1.93. The van der Waals surface area contributed by atoms with E-state index in [4.69, 9.17) is 4.52 Å². The number of nitrogens with zero attached hydrogens (tertiary/aromatic N) is 3. The number of rotatable bonds is 6. The predicted octanol–water partition coefficient (Wildman–Crippen LogP) is 4.01. The molecule has 3 rings (SSSR count). The Morgan fingerprint density at radius 2 is 2.00 bits per heavy atom. The van der Waals surface area contributed by atoms with E-state index in [1.54, 1.807) is 19.9 Å². The number of aryl methyl sites for hydroxylation is 2. The van der Waals surface area contributed by atoms with Crippen LogP contribution in [0, 0.1) is 13.8 Å². The van der Waals surface area contributed by atoms with Gasteiger partial charge in [-0.25, -0.2) is 0 Å². The third-order valence-corrected chi connectivity index (χ3v) is 5.26. The van der Waals surface area contributed by atoms with Crippen LogP contribution in [0.1, 0.15) is 18.2 Å². The molecule has 0 aliphatic rings. The molecule has 1 atom stereocenters. The number of aromatic nitrogens is 3. The fraction of sp³-hybridized carbons (Fsp3) is 0.250. The van der Waals surface area contributed by atoms with E-state index in [0.29, 0.717) is 21.0 Å². The minimum absolute atomic E-state index is 0.165. The first-order valence-corrected chi connectivity index (χ1v) is 9.27. The summed E-state index contributed by atoms with van der Waals surface area (Å²) in [5.41, 5.74) is 2.15. The molecule has 0 saturated heterocycles. The van der Waals surface area contributed by atoms with Crippen molar-refractivity contribution in [2.24, 2.45) is 0 Å². The monoisotopic (exact) mass is 375 g/mol. The molecule has 0 saturated carbocycles. The lowest BCUT2D eigenvalue weighted by molar-refractivity contribution is -0.115. The number of amides is 1. The van der Waals surface area contributed by atoms with Crippen molar-refractivity contribution in [3.63, 3.8) is 0 Å². The molecule has 130 valence electrons. The molecule has 0 aliphatic heterocycles. The van der Waals surface area contributed by atoms with Crippen LogP contribution < -0.4 is 10.6 Å². The van der Waals surface area contributed by atoms with E-state index >= 15 is 0 Å². The van der Waals surface area contributed by atoms with Crippen LogP contribution in [0.4, 0.5) is 16.6 Å². The third-order valence-electron chi connectivity index (χ3n) is 3.24. The van der Waals surface area contributed by atoms with Crippen molar-refractivity contribution in [3.05, 3.63) is 41.7 Å². The molecule has 2 N–H and O–H groups in total. The Balaban J connectivity index is 1.56. The number of nitrogens with one attached hydrogen (secondary N) is 2. The van der Waals surface area contributed by atoms with E-state index in [2.05, 4.69) is 26.0 Å². The van der Waals surface area contributed by atoms with Crippen molar-refractivity contribution in [2.75, 3.05) is 10.6 Å². The fourth-order valence-corrected chi connectivity index (χ4v) is 3.84. The van der Waals surface area contributed by atoms with Crippen LogP contribution >= 0.6 is 23.1 Å². The third kappa shape index (κ3) is 4.80. The number of anilines is 3. The first kappa shape index (κ1) is 17.4. The molecule has 2 heterocycles. The number of carbonyl (C=O) groups excluding carboxylic acids is 1. The van der Waals surface area contributed by atoms with Gasteiger partial charge in [0.25, 0.3) is 0 Å². The van der Waals surface area contributed by atoms with Crippen LogP contribution in [0.2, 0.25) is 0 Å². The topological polar surface area (TPSA) is 92.9 Å². The van der Waals surface area contributed by atoms with Crippen molar-refractivity contribution in [3.8, 4) is 0 Å². The van der Waals surface area contributed by atoms with Crippen LogP contribution in [0.3, 0.4) is 0 Å². The highest BCUT2D eigenvalue weighted by atomic mass is 32.2. The van der Waals surface area contributed by atoms with Crippen LogP contribution in [-0.4, -0.2) is 26.5 Å². The Morgan fingerprint density at radius 3 is 2.68 bits per heavy atom. The summed E-state index contributed by atoms with van der Waals surface area (Å²) in [6, 6.07) is 9.69. The molecular weight excluding hydrogens is 358 g/mol. The smallest absolute Gasteiger partial charge is 0.238 e. The van der Waals surface area contributed by atoms with Crippen LogP contribution in [0.25, 0.3) is 0 Å². The highest BCUT2D eigenvalue weighted by Gasteiger charge is 2.18. The van der Waals surface area contributed by atoms with Gasteiger partial charge in [0.2, 0.25) is 11.0 Å². The number of hydrogen-bond acceptors (Lipinski definition) is 8. The van der Waals surface area contributed by atoms with Crippen molar-refractivity contribution >= 4 is 45.6 Å². The Bertz CT molecular complexity index is 860. The number of carbonyl (C=O) groups is 1. The lowest BCUT2D eigenvalue weighted by Gasteiger charge is -2.07. The molecule has 3 aromatic rings. The summed E-state index contributed by atoms with van der Waals surface area (Å²) in [6.45, 7) is 5.61. The van der Waals surface area contributed by atoms with Gasteiger partial charge in [-0.1, -0.05) is 46.0 Å². The first-order chi connectivity index (χ1) is 12.0. The van der Waals surface area contributed by atoms with Gasteiger partial charge in [0.15, 0.2) is 10.2 Å². The molecule has 9 heteroatoms. The van der Waals surface area contributed by atoms with E-state index < -0.39 is 0 Å². The van der Waals surface area contributed by atoms with Gasteiger partial charge in [-0.3, -0.25) is 4.79 Å². The molecule has 7 nitrogen and oxygen atoms in total. The molecular formula is C16H17N5O2S2. The number of benzene rings is 1. The summed E-state index contributed by atoms with van der Waals surface area (Å²) in [5.74, 6) is 0.891. The molecule has 1 unspecified atom stereocenters. The predicted molar refractivity (Wildman–Crippen MR) is 99.6 cm³/mol. The van der Waals surface area contributed by atoms with Gasteiger partial charge in [0.1, 0.15) is 5.76 Å². The molecule has 25 heavy (non-hydrogen) atoms. The second-order valence-electron chi connectivity index (χ2n) is 5.44. The zero-order chi connectivity index (χ0) is 17.8.